The molecule has 0 unspecified atom stereocenters. The molecule has 4 nitrogen and oxygen atoms in total. The maximum absolute atomic E-state index is 4.50. The van der Waals surface area contributed by atoms with E-state index in [9.17, 15) is 0 Å². The fourth-order valence-electron chi connectivity index (χ4n) is 2.09. The first-order valence-corrected chi connectivity index (χ1v) is 6.30. The zero-order chi connectivity index (χ0) is 13.2. The van der Waals surface area contributed by atoms with Crippen molar-refractivity contribution in [2.24, 2.45) is 7.05 Å². The average Bonchev–Trinajstić information content (AvgIpc) is 2.82. The maximum Gasteiger partial charge on any atom is 0.148 e. The molecule has 2 aromatic heterocycles. The molecule has 0 amide bonds. The van der Waals surface area contributed by atoms with E-state index in [1.165, 1.54) is 10.9 Å². The molecule has 4 heteroatoms. The number of rotatable bonds is 3. The predicted octanol–water partition coefficient (Wildman–Crippen LogP) is 2.89. The SMILES string of the molecule is Cc1ccc2cc(CNc3ccn(C)n3)ccc2n1. The molecule has 0 bridgehead atoms. The minimum absolute atomic E-state index is 0.765. The molecule has 1 aromatic carbocycles. The Hall–Kier alpha value is -2.36. The van der Waals surface area contributed by atoms with Crippen molar-refractivity contribution in [3.8, 4) is 0 Å². The maximum atomic E-state index is 4.50. The van der Waals surface area contributed by atoms with E-state index in [4.69, 9.17) is 0 Å². The normalized spacial score (nSPS) is 10.8. The van der Waals surface area contributed by atoms with Crippen molar-refractivity contribution in [1.82, 2.24) is 14.8 Å². The summed E-state index contributed by atoms with van der Waals surface area (Å²) in [4.78, 5) is 4.50. The molecule has 0 aliphatic heterocycles. The van der Waals surface area contributed by atoms with Gasteiger partial charge in [-0.05, 0) is 30.7 Å². The van der Waals surface area contributed by atoms with Crippen LogP contribution in [-0.2, 0) is 13.6 Å². The molecule has 0 spiro atoms. The highest BCUT2D eigenvalue weighted by Gasteiger charge is 2.00. The Bertz CT molecular complexity index is 715. The van der Waals surface area contributed by atoms with Crippen molar-refractivity contribution >= 4 is 16.7 Å². The van der Waals surface area contributed by atoms with Crippen LogP contribution >= 0.6 is 0 Å². The van der Waals surface area contributed by atoms with Gasteiger partial charge >= 0.3 is 0 Å². The van der Waals surface area contributed by atoms with Gasteiger partial charge in [-0.25, -0.2) is 0 Å². The van der Waals surface area contributed by atoms with Crippen molar-refractivity contribution in [3.63, 3.8) is 0 Å². The number of aryl methyl sites for hydroxylation is 2. The molecule has 2 heterocycles. The van der Waals surface area contributed by atoms with Crippen molar-refractivity contribution < 1.29 is 0 Å². The van der Waals surface area contributed by atoms with Gasteiger partial charge in [0.25, 0.3) is 0 Å². The third-order valence-electron chi connectivity index (χ3n) is 3.08. The minimum Gasteiger partial charge on any atom is -0.365 e. The van der Waals surface area contributed by atoms with E-state index < -0.39 is 0 Å². The van der Waals surface area contributed by atoms with Gasteiger partial charge in [-0.3, -0.25) is 9.67 Å². The molecule has 0 atom stereocenters. The van der Waals surface area contributed by atoms with Crippen LogP contribution in [-0.4, -0.2) is 14.8 Å². The number of aromatic nitrogens is 3. The van der Waals surface area contributed by atoms with Gasteiger partial charge in [0, 0.05) is 36.9 Å². The van der Waals surface area contributed by atoms with Crippen molar-refractivity contribution in [2.45, 2.75) is 13.5 Å². The number of nitrogens with zero attached hydrogens (tertiary/aromatic N) is 3. The number of pyridine rings is 1. The quantitative estimate of drug-likeness (QED) is 0.779. The van der Waals surface area contributed by atoms with Gasteiger partial charge in [-0.1, -0.05) is 12.1 Å². The number of fused-ring (bicyclic) bond motifs is 1. The lowest BCUT2D eigenvalue weighted by Gasteiger charge is -2.05. The topological polar surface area (TPSA) is 42.7 Å². The number of hydrogen-bond donors (Lipinski definition) is 1. The summed E-state index contributed by atoms with van der Waals surface area (Å²) in [6.45, 7) is 2.77. The fourth-order valence-corrected chi connectivity index (χ4v) is 2.09. The first kappa shape index (κ1) is 11.7. The van der Waals surface area contributed by atoms with Crippen molar-refractivity contribution in [1.29, 1.82) is 0 Å². The molecule has 3 rings (SSSR count). The van der Waals surface area contributed by atoms with Gasteiger partial charge in [-0.2, -0.15) is 5.10 Å². The lowest BCUT2D eigenvalue weighted by atomic mass is 10.1. The van der Waals surface area contributed by atoms with Crippen LogP contribution in [0.3, 0.4) is 0 Å². The smallest absolute Gasteiger partial charge is 0.148 e. The summed E-state index contributed by atoms with van der Waals surface area (Å²) < 4.78 is 1.79. The summed E-state index contributed by atoms with van der Waals surface area (Å²) in [5, 5.41) is 8.77. The molecule has 0 saturated carbocycles. The summed E-state index contributed by atoms with van der Waals surface area (Å²) in [5.41, 5.74) is 3.32. The fraction of sp³-hybridized carbons (Fsp3) is 0.200. The highest BCUT2D eigenvalue weighted by atomic mass is 15.3. The van der Waals surface area contributed by atoms with Crippen LogP contribution in [0.5, 0.6) is 0 Å². The Balaban J connectivity index is 1.79. The Morgan fingerprint density at radius 3 is 2.84 bits per heavy atom. The van der Waals surface area contributed by atoms with E-state index in [2.05, 4.69) is 39.7 Å². The van der Waals surface area contributed by atoms with Crippen LogP contribution < -0.4 is 5.32 Å². The van der Waals surface area contributed by atoms with Gasteiger partial charge in [0.05, 0.1) is 5.52 Å². The standard InChI is InChI=1S/C15H16N4/c1-11-3-5-13-9-12(4-6-14(13)17-11)10-16-15-7-8-19(2)18-15/h3-9H,10H2,1-2H3,(H,16,18). The Labute approximate surface area is 112 Å². The molecule has 0 fully saturated rings. The van der Waals surface area contributed by atoms with Crippen LogP contribution in [0, 0.1) is 6.92 Å². The van der Waals surface area contributed by atoms with Gasteiger partial charge in [-0.15, -0.1) is 0 Å². The highest BCUT2D eigenvalue weighted by Crippen LogP contribution is 2.15. The Morgan fingerprint density at radius 1 is 1.16 bits per heavy atom. The third kappa shape index (κ3) is 2.57. The number of nitrogens with one attached hydrogen (secondary N) is 1. The molecule has 0 radical (unpaired) electrons. The first-order valence-electron chi connectivity index (χ1n) is 6.30. The second-order valence-electron chi connectivity index (χ2n) is 4.71. The average molecular weight is 252 g/mol. The molecule has 0 aliphatic rings. The van der Waals surface area contributed by atoms with E-state index in [0.29, 0.717) is 0 Å². The minimum atomic E-state index is 0.765. The summed E-state index contributed by atoms with van der Waals surface area (Å²) in [6.07, 6.45) is 1.93. The summed E-state index contributed by atoms with van der Waals surface area (Å²) >= 11 is 0. The zero-order valence-electron chi connectivity index (χ0n) is 11.1. The second-order valence-corrected chi connectivity index (χ2v) is 4.71. The van der Waals surface area contributed by atoms with Gasteiger partial charge in [0.15, 0.2) is 0 Å². The van der Waals surface area contributed by atoms with Crippen LogP contribution in [0.15, 0.2) is 42.6 Å². The largest absolute Gasteiger partial charge is 0.365 e. The van der Waals surface area contributed by atoms with Crippen LogP contribution in [0.25, 0.3) is 10.9 Å². The molecule has 1 N–H and O–H groups in total. The monoisotopic (exact) mass is 252 g/mol. The van der Waals surface area contributed by atoms with E-state index >= 15 is 0 Å². The van der Waals surface area contributed by atoms with E-state index in [0.717, 1.165) is 23.6 Å². The van der Waals surface area contributed by atoms with E-state index in [1.54, 1.807) is 4.68 Å². The molecule has 0 saturated heterocycles. The number of anilines is 1. The van der Waals surface area contributed by atoms with Gasteiger partial charge in [0.2, 0.25) is 0 Å². The van der Waals surface area contributed by atoms with Crippen molar-refractivity contribution in [2.75, 3.05) is 5.32 Å². The molecule has 3 aromatic rings. The van der Waals surface area contributed by atoms with Crippen LogP contribution in [0.2, 0.25) is 0 Å². The van der Waals surface area contributed by atoms with Gasteiger partial charge < -0.3 is 5.32 Å². The second kappa shape index (κ2) is 4.72. The number of hydrogen-bond acceptors (Lipinski definition) is 3. The third-order valence-corrected chi connectivity index (χ3v) is 3.08. The number of benzene rings is 1. The summed E-state index contributed by atoms with van der Waals surface area (Å²) in [5.74, 6) is 0.893. The van der Waals surface area contributed by atoms with Crippen LogP contribution in [0.4, 0.5) is 5.82 Å². The Morgan fingerprint density at radius 2 is 2.05 bits per heavy atom. The van der Waals surface area contributed by atoms with Crippen LogP contribution in [0.1, 0.15) is 11.3 Å². The molecule has 96 valence electrons. The highest BCUT2D eigenvalue weighted by molar-refractivity contribution is 5.79. The predicted molar refractivity (Wildman–Crippen MR) is 77.0 cm³/mol. The lowest BCUT2D eigenvalue weighted by Crippen LogP contribution is -2.01. The van der Waals surface area contributed by atoms with E-state index in [1.807, 2.05) is 32.3 Å². The van der Waals surface area contributed by atoms with Gasteiger partial charge in [0.1, 0.15) is 5.82 Å². The molecular weight excluding hydrogens is 236 g/mol. The molecule has 19 heavy (non-hydrogen) atoms. The first-order chi connectivity index (χ1) is 9.20. The molecule has 0 aliphatic carbocycles. The zero-order valence-corrected chi connectivity index (χ0v) is 11.1. The Kier molecular flexibility index (Phi) is 2.91. The lowest BCUT2D eigenvalue weighted by molar-refractivity contribution is 0.768. The summed E-state index contributed by atoms with van der Waals surface area (Å²) in [7, 11) is 1.91. The molecular formula is C15H16N4. The summed E-state index contributed by atoms with van der Waals surface area (Å²) in [6, 6.07) is 12.5. The van der Waals surface area contributed by atoms with Crippen molar-refractivity contribution in [3.05, 3.63) is 53.9 Å². The van der Waals surface area contributed by atoms with E-state index in [-0.39, 0.29) is 0 Å².